The third-order valence-electron chi connectivity index (χ3n) is 8.10. The van der Waals surface area contributed by atoms with Gasteiger partial charge in [0.15, 0.2) is 11.5 Å². The smallest absolute Gasteiger partial charge is 0.270 e. The second-order valence-corrected chi connectivity index (χ2v) is 11.1. The van der Waals surface area contributed by atoms with Crippen LogP contribution in [0.5, 0.6) is 0 Å². The number of anilines is 4. The lowest BCUT2D eigenvalue weighted by molar-refractivity contribution is 0.0930. The van der Waals surface area contributed by atoms with Gasteiger partial charge in [0.05, 0.1) is 6.04 Å². The van der Waals surface area contributed by atoms with Crippen LogP contribution in [0.4, 0.5) is 23.1 Å². The van der Waals surface area contributed by atoms with Crippen LogP contribution >= 0.6 is 0 Å². The number of aromatic amines is 1. The minimum Gasteiger partial charge on any atom is -0.394 e. The van der Waals surface area contributed by atoms with Crippen molar-refractivity contribution in [3.63, 3.8) is 0 Å². The Morgan fingerprint density at radius 2 is 1.77 bits per heavy atom. The molecule has 2 amide bonds. The summed E-state index contributed by atoms with van der Waals surface area (Å²) >= 11 is 0. The van der Waals surface area contributed by atoms with E-state index in [1.54, 1.807) is 6.07 Å². The van der Waals surface area contributed by atoms with Crippen molar-refractivity contribution in [1.82, 2.24) is 45.6 Å². The van der Waals surface area contributed by atoms with E-state index >= 15 is 0 Å². The highest BCUT2D eigenvalue weighted by Crippen LogP contribution is 2.34. The van der Waals surface area contributed by atoms with Gasteiger partial charge in [0.1, 0.15) is 22.8 Å². The van der Waals surface area contributed by atoms with Crippen LogP contribution in [0, 0.1) is 0 Å². The van der Waals surface area contributed by atoms with Crippen molar-refractivity contribution in [3.8, 4) is 11.4 Å². The first kappa shape index (κ1) is 29.1. The lowest BCUT2D eigenvalue weighted by Gasteiger charge is -2.16. The fourth-order valence-electron chi connectivity index (χ4n) is 5.74. The number of amides is 2. The molecule has 1 aliphatic rings. The summed E-state index contributed by atoms with van der Waals surface area (Å²) in [5.41, 5.74) is 20.8. The van der Waals surface area contributed by atoms with Crippen molar-refractivity contribution in [2.75, 3.05) is 22.5 Å². The number of imidazole rings is 1. The maximum absolute atomic E-state index is 13.7. The van der Waals surface area contributed by atoms with Crippen molar-refractivity contribution in [2.24, 2.45) is 0 Å². The number of H-pyrrole nitrogens is 1. The summed E-state index contributed by atoms with van der Waals surface area (Å²) in [6.07, 6.45) is 1.39. The highest BCUT2D eigenvalue weighted by Gasteiger charge is 2.28. The van der Waals surface area contributed by atoms with Crippen molar-refractivity contribution in [2.45, 2.75) is 32.0 Å². The molecule has 17 nitrogen and oxygen atoms in total. The summed E-state index contributed by atoms with van der Waals surface area (Å²) in [5, 5.41) is 22.8. The first-order chi connectivity index (χ1) is 22.7. The second kappa shape index (κ2) is 11.4. The molecule has 7 rings (SSSR count). The molecule has 3 aromatic heterocycles. The average Bonchev–Trinajstić information content (AvgIpc) is 3.83. The number of hydrogen-bond acceptors (Lipinski definition) is 13. The Hall–Kier alpha value is -6.65. The number of nitrogen functional groups attached to an aromatic ring is 3. The lowest BCUT2D eigenvalue weighted by atomic mass is 10.0. The Kier molecular flexibility index (Phi) is 7.03. The zero-order chi connectivity index (χ0) is 32.8. The van der Waals surface area contributed by atoms with Gasteiger partial charge < -0.3 is 33.2 Å². The van der Waals surface area contributed by atoms with Gasteiger partial charge in [-0.05, 0) is 52.4 Å². The predicted octanol–water partition coefficient (Wildman–Crippen LogP) is 0.211. The van der Waals surface area contributed by atoms with Crippen LogP contribution < -0.4 is 44.0 Å². The lowest BCUT2D eigenvalue weighted by Crippen LogP contribution is -2.36. The number of nitrogens with zero attached hydrogens (tertiary/aromatic N) is 6. The van der Waals surface area contributed by atoms with Crippen molar-refractivity contribution in [3.05, 3.63) is 103 Å². The maximum atomic E-state index is 13.7. The molecule has 0 bridgehead atoms. The first-order valence-electron chi connectivity index (χ1n) is 14.5. The normalized spacial score (nSPS) is 13.9. The van der Waals surface area contributed by atoms with Crippen LogP contribution in [0.25, 0.3) is 17.0 Å². The van der Waals surface area contributed by atoms with Crippen LogP contribution in [-0.2, 0) is 19.5 Å². The van der Waals surface area contributed by atoms with Gasteiger partial charge in [-0.1, -0.05) is 36.4 Å². The fourth-order valence-corrected chi connectivity index (χ4v) is 5.74. The third-order valence-corrected chi connectivity index (χ3v) is 8.10. The number of rotatable bonds is 9. The first-order valence-corrected chi connectivity index (χ1v) is 14.5. The number of carbonyl (C=O) groups excluding carboxylic acids is 2. The summed E-state index contributed by atoms with van der Waals surface area (Å²) in [7, 11) is 0. The number of nitrogens with two attached hydrogens (primary N) is 3. The van der Waals surface area contributed by atoms with Gasteiger partial charge in [-0.15, -0.1) is 10.2 Å². The van der Waals surface area contributed by atoms with Gasteiger partial charge in [0.25, 0.3) is 22.7 Å². The summed E-state index contributed by atoms with van der Waals surface area (Å²) in [4.78, 5) is 58.5. The maximum Gasteiger partial charge on any atom is 0.270 e. The van der Waals surface area contributed by atoms with E-state index in [2.05, 4.69) is 46.5 Å². The number of aromatic nitrogens is 7. The van der Waals surface area contributed by atoms with E-state index in [9.17, 15) is 19.2 Å². The Bertz CT molecular complexity index is 2270. The molecule has 3 aromatic carbocycles. The predicted molar refractivity (Wildman–Crippen MR) is 171 cm³/mol. The summed E-state index contributed by atoms with van der Waals surface area (Å²) in [6.45, 7) is 0.381. The molecule has 3 heterocycles. The van der Waals surface area contributed by atoms with Gasteiger partial charge in [0.2, 0.25) is 11.8 Å². The molecule has 10 N–H and O–H groups in total. The quantitative estimate of drug-likeness (QED) is 0.105. The molecular formula is C30H27N13O4. The number of aryl methyl sites for hydroxylation is 1. The summed E-state index contributed by atoms with van der Waals surface area (Å²) < 4.78 is 1.32. The van der Waals surface area contributed by atoms with E-state index in [-0.39, 0.29) is 59.3 Å². The molecule has 6 aromatic rings. The van der Waals surface area contributed by atoms with Crippen molar-refractivity contribution >= 4 is 40.6 Å². The SMILES string of the molecule is Nc1c(NCc2cccc(CNC(=O)c3cc(C(=O)N[C@H]4CCc5cc(-c6nn[nH]n6)ccc54)n4c(N)nc(N)c4n3)c2)c(=O)c1=O. The standard InChI is InChI=1S/C30H27N13O4/c31-21-22(24(45)23(21)44)34-11-13-2-1-3-14(8-13)12-35-28(46)19-10-20(43-27(36-19)25(32)38-30(43)33)29(47)37-18-7-5-15-9-16(4-6-17(15)18)26-39-41-42-40-26/h1-4,6,8-10,18,34H,5,7,11-12,31-32H2,(H2,33,38)(H,35,46)(H,37,47)(H,39,40,41,42)/t18-/m0/s1. The van der Waals surface area contributed by atoms with Crippen molar-refractivity contribution in [1.29, 1.82) is 0 Å². The number of fused-ring (bicyclic) bond motifs is 2. The highest BCUT2D eigenvalue weighted by atomic mass is 16.2. The van der Waals surface area contributed by atoms with Crippen LogP contribution in [0.15, 0.2) is 58.1 Å². The fraction of sp³-hybridized carbons (Fsp3) is 0.167. The molecular weight excluding hydrogens is 606 g/mol. The monoisotopic (exact) mass is 633 g/mol. The molecule has 17 heteroatoms. The molecule has 0 saturated carbocycles. The van der Waals surface area contributed by atoms with E-state index in [4.69, 9.17) is 17.2 Å². The minimum atomic E-state index is -0.697. The number of benzene rings is 2. The zero-order valence-corrected chi connectivity index (χ0v) is 24.6. The van der Waals surface area contributed by atoms with E-state index in [1.807, 2.05) is 36.4 Å². The van der Waals surface area contributed by atoms with Gasteiger partial charge in [-0.3, -0.25) is 23.6 Å². The molecule has 0 fully saturated rings. The number of tetrazole rings is 1. The van der Waals surface area contributed by atoms with E-state index in [0.29, 0.717) is 12.2 Å². The van der Waals surface area contributed by atoms with Gasteiger partial charge in [-0.2, -0.15) is 10.2 Å². The van der Waals surface area contributed by atoms with E-state index in [0.717, 1.165) is 34.2 Å². The van der Waals surface area contributed by atoms with E-state index < -0.39 is 22.7 Å². The molecule has 0 saturated heterocycles. The zero-order valence-electron chi connectivity index (χ0n) is 24.6. The Morgan fingerprint density at radius 3 is 2.53 bits per heavy atom. The molecule has 0 aliphatic heterocycles. The molecule has 1 aliphatic carbocycles. The van der Waals surface area contributed by atoms with Gasteiger partial charge >= 0.3 is 0 Å². The van der Waals surface area contributed by atoms with Gasteiger partial charge in [0, 0.05) is 18.7 Å². The molecule has 0 unspecified atom stereocenters. The van der Waals surface area contributed by atoms with E-state index in [1.165, 1.54) is 10.5 Å². The summed E-state index contributed by atoms with van der Waals surface area (Å²) in [6, 6.07) is 14.1. The number of hydrogen-bond donors (Lipinski definition) is 7. The number of nitrogens with one attached hydrogen (secondary N) is 4. The Balaban J connectivity index is 1.08. The number of carbonyl (C=O) groups is 2. The molecule has 0 radical (unpaired) electrons. The molecule has 236 valence electrons. The Labute approximate surface area is 264 Å². The third kappa shape index (κ3) is 5.24. The minimum absolute atomic E-state index is 0.0333. The van der Waals surface area contributed by atoms with Crippen LogP contribution in [0.3, 0.4) is 0 Å². The van der Waals surface area contributed by atoms with Crippen LogP contribution in [0.2, 0.25) is 0 Å². The largest absolute Gasteiger partial charge is 0.394 e. The highest BCUT2D eigenvalue weighted by molar-refractivity contribution is 5.99. The average molecular weight is 634 g/mol. The van der Waals surface area contributed by atoms with Crippen LogP contribution in [0.1, 0.15) is 55.7 Å². The summed E-state index contributed by atoms with van der Waals surface area (Å²) in [5.74, 6) is -0.644. The van der Waals surface area contributed by atoms with Gasteiger partial charge in [-0.25, -0.2) is 4.98 Å². The van der Waals surface area contributed by atoms with Crippen molar-refractivity contribution < 1.29 is 9.59 Å². The Morgan fingerprint density at radius 1 is 0.957 bits per heavy atom. The topological polar surface area (TPSA) is 267 Å². The second-order valence-electron chi connectivity index (χ2n) is 11.1. The molecule has 47 heavy (non-hydrogen) atoms. The van der Waals surface area contributed by atoms with Crippen LogP contribution in [-0.4, -0.2) is 46.8 Å². The molecule has 0 spiro atoms. The molecule has 1 atom stereocenters.